The molecule has 0 saturated carbocycles. The molecule has 0 radical (unpaired) electrons. The summed E-state index contributed by atoms with van der Waals surface area (Å²) in [4.78, 5) is 11.8. The van der Waals surface area contributed by atoms with Gasteiger partial charge in [0.15, 0.2) is 0 Å². The molecule has 1 aliphatic heterocycles. The minimum atomic E-state index is -0.0180. The van der Waals surface area contributed by atoms with Crippen molar-refractivity contribution < 1.29 is 4.74 Å². The lowest BCUT2D eigenvalue weighted by Gasteiger charge is -2.17. The Hall–Kier alpha value is -1.36. The van der Waals surface area contributed by atoms with Crippen LogP contribution < -0.4 is 10.9 Å². The molecule has 5 heteroatoms. The average Bonchev–Trinajstić information content (AvgIpc) is 2.35. The minimum absolute atomic E-state index is 0.0180. The van der Waals surface area contributed by atoms with Crippen molar-refractivity contribution in [3.05, 3.63) is 22.1 Å². The van der Waals surface area contributed by atoms with E-state index in [2.05, 4.69) is 10.4 Å². The van der Waals surface area contributed by atoms with Crippen molar-refractivity contribution in [2.45, 2.75) is 32.2 Å². The Morgan fingerprint density at radius 1 is 1.53 bits per heavy atom. The first kappa shape index (κ1) is 12.1. The van der Waals surface area contributed by atoms with Crippen molar-refractivity contribution in [1.29, 1.82) is 0 Å². The second-order valence-electron chi connectivity index (χ2n) is 4.30. The fraction of sp³-hybridized carbons (Fsp3) is 0.667. The average molecular weight is 237 g/mol. The predicted molar refractivity (Wildman–Crippen MR) is 66.4 cm³/mol. The van der Waals surface area contributed by atoms with E-state index in [1.54, 1.807) is 17.9 Å². The van der Waals surface area contributed by atoms with E-state index >= 15 is 0 Å². The second kappa shape index (κ2) is 5.82. The molecule has 0 amide bonds. The highest BCUT2D eigenvalue weighted by molar-refractivity contribution is 5.48. The van der Waals surface area contributed by atoms with Crippen molar-refractivity contribution in [2.24, 2.45) is 0 Å². The molecule has 1 aliphatic rings. The minimum Gasteiger partial charge on any atom is -0.385 e. The van der Waals surface area contributed by atoms with Crippen LogP contribution in [0.25, 0.3) is 0 Å². The Labute approximate surface area is 101 Å². The van der Waals surface area contributed by atoms with Gasteiger partial charge in [0.1, 0.15) is 0 Å². The van der Waals surface area contributed by atoms with Gasteiger partial charge >= 0.3 is 0 Å². The SMILES string of the molecule is COCCCCn1nc2c(cc1=O)NCCC2. The lowest BCUT2D eigenvalue weighted by Crippen LogP contribution is -2.27. The Bertz CT molecular complexity index is 428. The van der Waals surface area contributed by atoms with Crippen molar-refractivity contribution in [3.8, 4) is 0 Å². The number of hydrogen-bond donors (Lipinski definition) is 1. The summed E-state index contributed by atoms with van der Waals surface area (Å²) in [5.74, 6) is 0. The van der Waals surface area contributed by atoms with Gasteiger partial charge in [-0.15, -0.1) is 0 Å². The van der Waals surface area contributed by atoms with E-state index < -0.39 is 0 Å². The fourth-order valence-corrected chi connectivity index (χ4v) is 2.01. The monoisotopic (exact) mass is 237 g/mol. The van der Waals surface area contributed by atoms with E-state index in [0.29, 0.717) is 6.54 Å². The van der Waals surface area contributed by atoms with Gasteiger partial charge in [0, 0.05) is 32.9 Å². The van der Waals surface area contributed by atoms with Gasteiger partial charge in [0.05, 0.1) is 11.4 Å². The van der Waals surface area contributed by atoms with Crippen LogP contribution in [0.15, 0.2) is 10.9 Å². The van der Waals surface area contributed by atoms with Gasteiger partial charge in [-0.25, -0.2) is 4.68 Å². The first-order valence-electron chi connectivity index (χ1n) is 6.15. The number of fused-ring (bicyclic) bond motifs is 1. The molecule has 5 nitrogen and oxygen atoms in total. The van der Waals surface area contributed by atoms with Gasteiger partial charge in [-0.3, -0.25) is 4.79 Å². The zero-order chi connectivity index (χ0) is 12.1. The third-order valence-corrected chi connectivity index (χ3v) is 2.95. The normalized spacial score (nSPS) is 14.2. The van der Waals surface area contributed by atoms with E-state index in [9.17, 15) is 4.79 Å². The van der Waals surface area contributed by atoms with Crippen LogP contribution in [0.1, 0.15) is 25.0 Å². The Morgan fingerprint density at radius 2 is 2.41 bits per heavy atom. The maximum atomic E-state index is 11.8. The van der Waals surface area contributed by atoms with Crippen LogP contribution >= 0.6 is 0 Å². The molecule has 1 N–H and O–H groups in total. The van der Waals surface area contributed by atoms with E-state index in [1.165, 1.54) is 0 Å². The molecular weight excluding hydrogens is 218 g/mol. The van der Waals surface area contributed by atoms with Gasteiger partial charge < -0.3 is 10.1 Å². The van der Waals surface area contributed by atoms with E-state index in [4.69, 9.17) is 4.74 Å². The molecule has 2 rings (SSSR count). The van der Waals surface area contributed by atoms with Crippen molar-refractivity contribution in [1.82, 2.24) is 9.78 Å². The zero-order valence-electron chi connectivity index (χ0n) is 10.2. The van der Waals surface area contributed by atoms with Crippen LogP contribution in [0.4, 0.5) is 5.69 Å². The molecule has 0 aliphatic carbocycles. The maximum absolute atomic E-state index is 11.8. The lowest BCUT2D eigenvalue weighted by atomic mass is 10.1. The standard InChI is InChI=1S/C12H19N3O2/c1-17-8-3-2-7-15-12(16)9-11-10(14-15)5-4-6-13-11/h9,13H,2-8H2,1H3. The molecule has 17 heavy (non-hydrogen) atoms. The summed E-state index contributed by atoms with van der Waals surface area (Å²) in [7, 11) is 1.69. The molecule has 0 atom stereocenters. The molecule has 94 valence electrons. The number of aromatic nitrogens is 2. The Balaban J connectivity index is 2.04. The topological polar surface area (TPSA) is 56.2 Å². The van der Waals surface area contributed by atoms with Crippen LogP contribution in [0.2, 0.25) is 0 Å². The third-order valence-electron chi connectivity index (χ3n) is 2.95. The highest BCUT2D eigenvalue weighted by atomic mass is 16.5. The van der Waals surface area contributed by atoms with Crippen LogP contribution in [-0.2, 0) is 17.7 Å². The summed E-state index contributed by atoms with van der Waals surface area (Å²) < 4.78 is 6.55. The Kier molecular flexibility index (Phi) is 4.14. The quantitative estimate of drug-likeness (QED) is 0.777. The Morgan fingerprint density at radius 3 is 3.24 bits per heavy atom. The van der Waals surface area contributed by atoms with Gasteiger partial charge in [0.25, 0.3) is 5.56 Å². The van der Waals surface area contributed by atoms with Gasteiger partial charge in [0.2, 0.25) is 0 Å². The first-order chi connectivity index (χ1) is 8.31. The molecule has 0 unspecified atom stereocenters. The maximum Gasteiger partial charge on any atom is 0.268 e. The van der Waals surface area contributed by atoms with E-state index in [0.717, 1.165) is 50.2 Å². The van der Waals surface area contributed by atoms with Crippen LogP contribution in [0, 0.1) is 0 Å². The molecule has 1 aromatic rings. The molecule has 1 aromatic heterocycles. The summed E-state index contributed by atoms with van der Waals surface area (Å²) in [6.45, 7) is 2.35. The molecule has 2 heterocycles. The van der Waals surface area contributed by atoms with E-state index in [-0.39, 0.29) is 5.56 Å². The number of nitrogens with one attached hydrogen (secondary N) is 1. The van der Waals surface area contributed by atoms with Crippen molar-refractivity contribution in [2.75, 3.05) is 25.6 Å². The lowest BCUT2D eigenvalue weighted by molar-refractivity contribution is 0.190. The summed E-state index contributed by atoms with van der Waals surface area (Å²) in [5, 5.41) is 7.62. The molecule has 0 aromatic carbocycles. The van der Waals surface area contributed by atoms with E-state index in [1.807, 2.05) is 0 Å². The molecule has 0 spiro atoms. The largest absolute Gasteiger partial charge is 0.385 e. The number of ether oxygens (including phenoxy) is 1. The number of methoxy groups -OCH3 is 1. The van der Waals surface area contributed by atoms with Crippen LogP contribution in [0.3, 0.4) is 0 Å². The summed E-state index contributed by atoms with van der Waals surface area (Å²) >= 11 is 0. The van der Waals surface area contributed by atoms with Crippen molar-refractivity contribution in [3.63, 3.8) is 0 Å². The summed E-state index contributed by atoms with van der Waals surface area (Å²) in [6, 6.07) is 1.66. The van der Waals surface area contributed by atoms with Gasteiger partial charge in [-0.1, -0.05) is 0 Å². The van der Waals surface area contributed by atoms with Crippen molar-refractivity contribution >= 4 is 5.69 Å². The highest BCUT2D eigenvalue weighted by Gasteiger charge is 2.12. The van der Waals surface area contributed by atoms with Crippen LogP contribution in [0.5, 0.6) is 0 Å². The van der Waals surface area contributed by atoms with Gasteiger partial charge in [-0.2, -0.15) is 5.10 Å². The first-order valence-corrected chi connectivity index (χ1v) is 6.15. The smallest absolute Gasteiger partial charge is 0.268 e. The number of rotatable bonds is 5. The predicted octanol–water partition coefficient (Wildman–Crippen LogP) is 1.03. The zero-order valence-corrected chi connectivity index (χ0v) is 10.2. The fourth-order valence-electron chi connectivity index (χ4n) is 2.01. The molecule has 0 saturated heterocycles. The summed E-state index contributed by atoms with van der Waals surface area (Å²) in [6.07, 6.45) is 3.93. The highest BCUT2D eigenvalue weighted by Crippen LogP contribution is 2.16. The van der Waals surface area contributed by atoms with Gasteiger partial charge in [-0.05, 0) is 25.7 Å². The summed E-state index contributed by atoms with van der Waals surface area (Å²) in [5.41, 5.74) is 1.91. The third kappa shape index (κ3) is 3.06. The number of hydrogen-bond acceptors (Lipinski definition) is 4. The number of aryl methyl sites for hydroxylation is 2. The second-order valence-corrected chi connectivity index (χ2v) is 4.30. The molecular formula is C12H19N3O2. The molecule has 0 bridgehead atoms. The number of nitrogens with zero attached hydrogens (tertiary/aromatic N) is 2. The number of anilines is 1. The van der Waals surface area contributed by atoms with Crippen LogP contribution in [-0.4, -0.2) is 30.0 Å². The number of unbranched alkanes of at least 4 members (excludes halogenated alkanes) is 1. The molecule has 0 fully saturated rings.